The topological polar surface area (TPSA) is 43.6 Å². The second kappa shape index (κ2) is 4.76. The zero-order chi connectivity index (χ0) is 12.5. The van der Waals surface area contributed by atoms with Gasteiger partial charge in [-0.05, 0) is 57.4 Å². The van der Waals surface area contributed by atoms with Crippen LogP contribution in [0.1, 0.15) is 37.4 Å². The van der Waals surface area contributed by atoms with Gasteiger partial charge >= 0.3 is 0 Å². The van der Waals surface area contributed by atoms with Gasteiger partial charge in [0.05, 0.1) is 10.2 Å². The average Bonchev–Trinajstić information content (AvgIpc) is 3.00. The first kappa shape index (κ1) is 11.8. The highest BCUT2D eigenvalue weighted by Crippen LogP contribution is 2.33. The average molecular weight is 311 g/mol. The standard InChI is InChI=1S/C12H12BrFN4/c13-10-7-9(5-6-11(10)14)18-12(15-16-17-18)8-3-1-2-4-8/h5-8H,1-4H2. The number of halogens is 2. The van der Waals surface area contributed by atoms with Gasteiger partial charge in [0.15, 0.2) is 5.82 Å². The van der Waals surface area contributed by atoms with Crippen molar-refractivity contribution in [2.24, 2.45) is 0 Å². The summed E-state index contributed by atoms with van der Waals surface area (Å²) in [5, 5.41) is 11.9. The second-order valence-corrected chi connectivity index (χ2v) is 5.38. The van der Waals surface area contributed by atoms with Gasteiger partial charge in [-0.1, -0.05) is 12.8 Å². The SMILES string of the molecule is Fc1ccc(-n2nnnc2C2CCCC2)cc1Br. The number of benzene rings is 1. The van der Waals surface area contributed by atoms with Gasteiger partial charge in [0.2, 0.25) is 0 Å². The summed E-state index contributed by atoms with van der Waals surface area (Å²) >= 11 is 3.18. The van der Waals surface area contributed by atoms with Crippen molar-refractivity contribution in [1.82, 2.24) is 20.2 Å². The maximum absolute atomic E-state index is 13.2. The molecule has 4 nitrogen and oxygen atoms in total. The van der Waals surface area contributed by atoms with E-state index in [4.69, 9.17) is 0 Å². The molecule has 0 spiro atoms. The van der Waals surface area contributed by atoms with Gasteiger partial charge in [0, 0.05) is 5.92 Å². The number of aromatic nitrogens is 4. The molecule has 0 saturated heterocycles. The lowest BCUT2D eigenvalue weighted by atomic mass is 10.1. The van der Waals surface area contributed by atoms with Crippen molar-refractivity contribution in [2.45, 2.75) is 31.6 Å². The number of tetrazole rings is 1. The molecule has 0 bridgehead atoms. The molecule has 94 valence electrons. The highest BCUT2D eigenvalue weighted by atomic mass is 79.9. The molecule has 1 heterocycles. The molecule has 1 aromatic carbocycles. The van der Waals surface area contributed by atoms with Crippen LogP contribution in [0.2, 0.25) is 0 Å². The molecular formula is C12H12BrFN4. The van der Waals surface area contributed by atoms with Crippen molar-refractivity contribution < 1.29 is 4.39 Å². The Morgan fingerprint density at radius 2 is 2.06 bits per heavy atom. The summed E-state index contributed by atoms with van der Waals surface area (Å²) in [6, 6.07) is 4.80. The molecule has 1 fully saturated rings. The predicted molar refractivity (Wildman–Crippen MR) is 68.0 cm³/mol. The number of nitrogens with zero attached hydrogens (tertiary/aromatic N) is 4. The van der Waals surface area contributed by atoms with E-state index < -0.39 is 0 Å². The van der Waals surface area contributed by atoms with Crippen molar-refractivity contribution in [3.05, 3.63) is 34.3 Å². The minimum Gasteiger partial charge on any atom is -0.206 e. The summed E-state index contributed by atoms with van der Waals surface area (Å²) in [5.41, 5.74) is 0.787. The van der Waals surface area contributed by atoms with E-state index in [1.54, 1.807) is 16.8 Å². The van der Waals surface area contributed by atoms with Gasteiger partial charge in [-0.2, -0.15) is 4.68 Å². The highest BCUT2D eigenvalue weighted by molar-refractivity contribution is 9.10. The largest absolute Gasteiger partial charge is 0.206 e. The first-order valence-corrected chi connectivity index (χ1v) is 6.78. The Balaban J connectivity index is 2.00. The fourth-order valence-corrected chi connectivity index (χ4v) is 2.80. The Morgan fingerprint density at radius 1 is 1.28 bits per heavy atom. The lowest BCUT2D eigenvalue weighted by Crippen LogP contribution is -2.06. The molecule has 1 aromatic heterocycles. The Morgan fingerprint density at radius 3 is 2.78 bits per heavy atom. The maximum atomic E-state index is 13.2. The Kier molecular flexibility index (Phi) is 3.11. The minimum absolute atomic E-state index is 0.283. The quantitative estimate of drug-likeness (QED) is 0.855. The van der Waals surface area contributed by atoms with Gasteiger partial charge < -0.3 is 0 Å². The number of rotatable bonds is 2. The number of hydrogen-bond acceptors (Lipinski definition) is 3. The minimum atomic E-state index is -0.283. The van der Waals surface area contributed by atoms with E-state index >= 15 is 0 Å². The third-order valence-corrected chi connectivity index (χ3v) is 3.97. The van der Waals surface area contributed by atoms with E-state index in [0.29, 0.717) is 10.4 Å². The molecule has 0 unspecified atom stereocenters. The van der Waals surface area contributed by atoms with Crippen molar-refractivity contribution in [3.8, 4) is 5.69 Å². The molecule has 0 aliphatic heterocycles. The van der Waals surface area contributed by atoms with Crippen LogP contribution in [0.4, 0.5) is 4.39 Å². The first-order valence-electron chi connectivity index (χ1n) is 5.99. The van der Waals surface area contributed by atoms with Crippen LogP contribution in [-0.4, -0.2) is 20.2 Å². The second-order valence-electron chi connectivity index (χ2n) is 4.53. The summed E-state index contributed by atoms with van der Waals surface area (Å²) in [7, 11) is 0. The summed E-state index contributed by atoms with van der Waals surface area (Å²) in [6.07, 6.45) is 4.71. The van der Waals surface area contributed by atoms with Crippen LogP contribution in [0.25, 0.3) is 5.69 Å². The van der Waals surface area contributed by atoms with Gasteiger partial charge in [0.25, 0.3) is 0 Å². The summed E-state index contributed by atoms with van der Waals surface area (Å²) < 4.78 is 15.4. The highest BCUT2D eigenvalue weighted by Gasteiger charge is 2.23. The fourth-order valence-electron chi connectivity index (χ4n) is 2.43. The fraction of sp³-hybridized carbons (Fsp3) is 0.417. The van der Waals surface area contributed by atoms with Crippen LogP contribution in [0.15, 0.2) is 22.7 Å². The van der Waals surface area contributed by atoms with Crippen LogP contribution in [0.5, 0.6) is 0 Å². The van der Waals surface area contributed by atoms with Crippen molar-refractivity contribution in [1.29, 1.82) is 0 Å². The zero-order valence-electron chi connectivity index (χ0n) is 9.68. The van der Waals surface area contributed by atoms with E-state index in [0.717, 1.165) is 24.4 Å². The van der Waals surface area contributed by atoms with Gasteiger partial charge in [-0.25, -0.2) is 4.39 Å². The van der Waals surface area contributed by atoms with E-state index in [9.17, 15) is 4.39 Å². The van der Waals surface area contributed by atoms with E-state index in [1.165, 1.54) is 18.9 Å². The van der Waals surface area contributed by atoms with E-state index in [2.05, 4.69) is 31.5 Å². The lowest BCUT2D eigenvalue weighted by molar-refractivity contribution is 0.615. The van der Waals surface area contributed by atoms with Crippen LogP contribution in [0, 0.1) is 5.82 Å². The maximum Gasteiger partial charge on any atom is 0.159 e. The third kappa shape index (κ3) is 2.05. The molecule has 0 N–H and O–H groups in total. The molecule has 3 rings (SSSR count). The van der Waals surface area contributed by atoms with Crippen LogP contribution >= 0.6 is 15.9 Å². The molecule has 6 heteroatoms. The molecular weight excluding hydrogens is 299 g/mol. The van der Waals surface area contributed by atoms with E-state index in [1.807, 2.05) is 0 Å². The predicted octanol–water partition coefficient (Wildman–Crippen LogP) is 3.22. The van der Waals surface area contributed by atoms with Crippen molar-refractivity contribution in [3.63, 3.8) is 0 Å². The van der Waals surface area contributed by atoms with Crippen molar-refractivity contribution in [2.75, 3.05) is 0 Å². The summed E-state index contributed by atoms with van der Waals surface area (Å²) in [6.45, 7) is 0. The molecule has 1 aliphatic rings. The zero-order valence-corrected chi connectivity index (χ0v) is 11.3. The van der Waals surface area contributed by atoms with Gasteiger partial charge in [-0.15, -0.1) is 5.10 Å². The number of hydrogen-bond donors (Lipinski definition) is 0. The molecule has 1 aliphatic carbocycles. The van der Waals surface area contributed by atoms with Gasteiger partial charge in [0.1, 0.15) is 5.82 Å². The molecule has 1 saturated carbocycles. The summed E-state index contributed by atoms with van der Waals surface area (Å²) in [5.74, 6) is 1.02. The summed E-state index contributed by atoms with van der Waals surface area (Å²) in [4.78, 5) is 0. The lowest BCUT2D eigenvalue weighted by Gasteiger charge is -2.09. The van der Waals surface area contributed by atoms with Crippen LogP contribution in [-0.2, 0) is 0 Å². The third-order valence-electron chi connectivity index (χ3n) is 3.36. The Labute approximate surface area is 112 Å². The van der Waals surface area contributed by atoms with E-state index in [-0.39, 0.29) is 5.82 Å². The van der Waals surface area contributed by atoms with Crippen LogP contribution in [0.3, 0.4) is 0 Å². The Bertz CT molecular complexity index is 563. The molecule has 0 amide bonds. The smallest absolute Gasteiger partial charge is 0.159 e. The molecule has 0 radical (unpaired) electrons. The van der Waals surface area contributed by atoms with Crippen molar-refractivity contribution >= 4 is 15.9 Å². The first-order chi connectivity index (χ1) is 8.75. The molecule has 0 atom stereocenters. The molecule has 18 heavy (non-hydrogen) atoms. The monoisotopic (exact) mass is 310 g/mol. The van der Waals surface area contributed by atoms with Crippen LogP contribution < -0.4 is 0 Å². The Hall–Kier alpha value is -1.30. The van der Waals surface area contributed by atoms with Gasteiger partial charge in [-0.3, -0.25) is 0 Å². The normalized spacial score (nSPS) is 16.3. The molecule has 2 aromatic rings.